The van der Waals surface area contributed by atoms with E-state index in [0.29, 0.717) is 22.3 Å². The van der Waals surface area contributed by atoms with E-state index in [1.807, 2.05) is 0 Å². The van der Waals surface area contributed by atoms with Gasteiger partial charge in [0.1, 0.15) is 11.7 Å². The first-order valence-corrected chi connectivity index (χ1v) is 6.09. The van der Waals surface area contributed by atoms with Gasteiger partial charge in [0.15, 0.2) is 0 Å². The molecule has 0 amide bonds. The van der Waals surface area contributed by atoms with Crippen LogP contribution < -0.4 is 10.6 Å². The summed E-state index contributed by atoms with van der Waals surface area (Å²) >= 11 is 6.24. The van der Waals surface area contributed by atoms with E-state index in [2.05, 4.69) is 30.7 Å². The van der Waals surface area contributed by atoms with E-state index in [1.165, 1.54) is 0 Å². The van der Waals surface area contributed by atoms with E-state index >= 15 is 0 Å². The number of pyridine rings is 1. The van der Waals surface area contributed by atoms with Gasteiger partial charge in [-0.2, -0.15) is 0 Å². The van der Waals surface area contributed by atoms with Crippen LogP contribution in [0.1, 0.15) is 26.3 Å². The van der Waals surface area contributed by atoms with Gasteiger partial charge in [-0.25, -0.2) is 4.98 Å². The molecule has 0 aromatic carbocycles. The number of nitrogens with two attached hydrogens (primary N) is 1. The van der Waals surface area contributed by atoms with Crippen molar-refractivity contribution in [3.05, 3.63) is 22.8 Å². The van der Waals surface area contributed by atoms with Crippen molar-refractivity contribution in [2.45, 2.75) is 20.8 Å². The minimum absolute atomic E-state index is 0.0285. The minimum atomic E-state index is -0.0285. The molecule has 0 aliphatic heterocycles. The van der Waals surface area contributed by atoms with Crippen LogP contribution in [0.25, 0.3) is 0 Å². The number of anilines is 1. The van der Waals surface area contributed by atoms with Crippen molar-refractivity contribution >= 4 is 23.3 Å². The standard InChI is InChI=1S/C12H19ClN4/c1-4-17(7-8(2)3)12-10(13)9(11(14)15)5-6-16-12/h5-6,8H,4,7H2,1-3H3,(H3,14,15). The lowest BCUT2D eigenvalue weighted by Gasteiger charge is -2.25. The van der Waals surface area contributed by atoms with Gasteiger partial charge >= 0.3 is 0 Å². The van der Waals surface area contributed by atoms with Crippen LogP contribution in [0, 0.1) is 11.3 Å². The Labute approximate surface area is 107 Å². The maximum Gasteiger partial charge on any atom is 0.148 e. The summed E-state index contributed by atoms with van der Waals surface area (Å²) in [7, 11) is 0. The first-order valence-electron chi connectivity index (χ1n) is 5.71. The predicted octanol–water partition coefficient (Wildman–Crippen LogP) is 2.50. The molecule has 94 valence electrons. The van der Waals surface area contributed by atoms with Gasteiger partial charge in [0, 0.05) is 24.8 Å². The molecule has 0 bridgehead atoms. The lowest BCUT2D eigenvalue weighted by molar-refractivity contribution is 0.614. The quantitative estimate of drug-likeness (QED) is 0.627. The molecule has 4 nitrogen and oxygen atoms in total. The zero-order valence-corrected chi connectivity index (χ0v) is 11.3. The molecule has 1 heterocycles. The Morgan fingerprint density at radius 3 is 2.71 bits per heavy atom. The molecule has 17 heavy (non-hydrogen) atoms. The highest BCUT2D eigenvalue weighted by Gasteiger charge is 2.15. The highest BCUT2D eigenvalue weighted by Crippen LogP contribution is 2.27. The average molecular weight is 255 g/mol. The SMILES string of the molecule is CCN(CC(C)C)c1nccc(C(=N)N)c1Cl. The summed E-state index contributed by atoms with van der Waals surface area (Å²) in [5, 5.41) is 7.92. The number of nitrogen functional groups attached to an aromatic ring is 1. The number of halogens is 1. The molecule has 0 radical (unpaired) electrons. The average Bonchev–Trinajstić information content (AvgIpc) is 2.26. The number of nitrogens with one attached hydrogen (secondary N) is 1. The molecule has 0 aliphatic carbocycles. The van der Waals surface area contributed by atoms with Gasteiger partial charge in [0.2, 0.25) is 0 Å². The molecule has 1 aromatic heterocycles. The van der Waals surface area contributed by atoms with Gasteiger partial charge in [-0.3, -0.25) is 5.41 Å². The first-order chi connectivity index (χ1) is 7.97. The fraction of sp³-hybridized carbons (Fsp3) is 0.500. The predicted molar refractivity (Wildman–Crippen MR) is 73.0 cm³/mol. The van der Waals surface area contributed by atoms with Gasteiger partial charge in [-0.15, -0.1) is 0 Å². The fourth-order valence-electron chi connectivity index (χ4n) is 1.67. The van der Waals surface area contributed by atoms with E-state index in [4.69, 9.17) is 22.7 Å². The third kappa shape index (κ3) is 3.33. The van der Waals surface area contributed by atoms with E-state index in [1.54, 1.807) is 12.3 Å². The molecule has 0 saturated heterocycles. The van der Waals surface area contributed by atoms with E-state index in [9.17, 15) is 0 Å². The second-order valence-electron chi connectivity index (χ2n) is 4.34. The molecule has 0 atom stereocenters. The third-order valence-corrected chi connectivity index (χ3v) is 2.80. The van der Waals surface area contributed by atoms with Gasteiger partial charge in [-0.1, -0.05) is 25.4 Å². The van der Waals surface area contributed by atoms with Gasteiger partial charge < -0.3 is 10.6 Å². The third-order valence-electron chi connectivity index (χ3n) is 2.43. The largest absolute Gasteiger partial charge is 0.384 e. The molecular formula is C12H19ClN4. The Balaban J connectivity index is 3.11. The van der Waals surface area contributed by atoms with Gasteiger partial charge in [0.25, 0.3) is 0 Å². The Morgan fingerprint density at radius 2 is 2.24 bits per heavy atom. The lowest BCUT2D eigenvalue weighted by atomic mass is 10.2. The van der Waals surface area contributed by atoms with Crippen molar-refractivity contribution < 1.29 is 0 Å². The van der Waals surface area contributed by atoms with Crippen molar-refractivity contribution in [1.29, 1.82) is 5.41 Å². The van der Waals surface area contributed by atoms with Gasteiger partial charge in [0.05, 0.1) is 5.02 Å². The zero-order chi connectivity index (χ0) is 13.0. The summed E-state index contributed by atoms with van der Waals surface area (Å²) in [6.45, 7) is 8.05. The Bertz CT molecular complexity index is 403. The number of amidine groups is 1. The zero-order valence-electron chi connectivity index (χ0n) is 10.5. The normalized spacial score (nSPS) is 10.6. The number of aromatic nitrogens is 1. The Morgan fingerprint density at radius 1 is 1.59 bits per heavy atom. The van der Waals surface area contributed by atoms with E-state index in [-0.39, 0.29) is 5.84 Å². The Hall–Kier alpha value is -1.29. The molecule has 0 spiro atoms. The molecule has 5 heteroatoms. The van der Waals surface area contributed by atoms with Crippen LogP contribution in [0.4, 0.5) is 5.82 Å². The summed E-state index contributed by atoms with van der Waals surface area (Å²) in [5.41, 5.74) is 6.02. The van der Waals surface area contributed by atoms with E-state index < -0.39 is 0 Å². The number of hydrogen-bond donors (Lipinski definition) is 2. The summed E-state index contributed by atoms with van der Waals surface area (Å²) in [4.78, 5) is 6.38. The van der Waals surface area contributed by atoms with Crippen molar-refractivity contribution in [3.63, 3.8) is 0 Å². The minimum Gasteiger partial charge on any atom is -0.384 e. The van der Waals surface area contributed by atoms with Gasteiger partial charge in [-0.05, 0) is 18.9 Å². The van der Waals surface area contributed by atoms with Crippen molar-refractivity contribution in [2.75, 3.05) is 18.0 Å². The summed E-state index contributed by atoms with van der Waals surface area (Å²) in [6.07, 6.45) is 1.64. The topological polar surface area (TPSA) is 66.0 Å². The molecule has 1 rings (SSSR count). The summed E-state index contributed by atoms with van der Waals surface area (Å²) in [6, 6.07) is 1.66. The lowest BCUT2D eigenvalue weighted by Crippen LogP contribution is -2.29. The smallest absolute Gasteiger partial charge is 0.148 e. The van der Waals surface area contributed by atoms with Crippen molar-refractivity contribution in [3.8, 4) is 0 Å². The molecule has 3 N–H and O–H groups in total. The summed E-state index contributed by atoms with van der Waals surface area (Å²) in [5.74, 6) is 1.20. The number of nitrogens with zero attached hydrogens (tertiary/aromatic N) is 2. The van der Waals surface area contributed by atoms with Crippen LogP contribution in [-0.2, 0) is 0 Å². The molecular weight excluding hydrogens is 236 g/mol. The second-order valence-corrected chi connectivity index (χ2v) is 4.72. The number of rotatable bonds is 5. The number of hydrogen-bond acceptors (Lipinski definition) is 3. The van der Waals surface area contributed by atoms with Crippen LogP contribution in [0.2, 0.25) is 5.02 Å². The first kappa shape index (κ1) is 13.8. The maximum atomic E-state index is 7.46. The molecule has 0 fully saturated rings. The van der Waals surface area contributed by atoms with Crippen LogP contribution in [-0.4, -0.2) is 23.9 Å². The molecule has 1 aromatic rings. The van der Waals surface area contributed by atoms with Crippen LogP contribution in [0.15, 0.2) is 12.3 Å². The molecule has 0 unspecified atom stereocenters. The van der Waals surface area contributed by atoms with Crippen molar-refractivity contribution in [1.82, 2.24) is 4.98 Å². The highest BCUT2D eigenvalue weighted by atomic mass is 35.5. The maximum absolute atomic E-state index is 7.46. The van der Waals surface area contributed by atoms with Crippen LogP contribution in [0.5, 0.6) is 0 Å². The van der Waals surface area contributed by atoms with Crippen LogP contribution >= 0.6 is 11.6 Å². The summed E-state index contributed by atoms with van der Waals surface area (Å²) < 4.78 is 0. The molecule has 0 saturated carbocycles. The Kier molecular flexibility index (Phi) is 4.75. The monoisotopic (exact) mass is 254 g/mol. The van der Waals surface area contributed by atoms with E-state index in [0.717, 1.165) is 13.1 Å². The van der Waals surface area contributed by atoms with Crippen LogP contribution in [0.3, 0.4) is 0 Å². The molecule has 0 aliphatic rings. The van der Waals surface area contributed by atoms with Crippen molar-refractivity contribution in [2.24, 2.45) is 11.7 Å². The second kappa shape index (κ2) is 5.87. The fourth-order valence-corrected chi connectivity index (χ4v) is 2.00. The highest BCUT2D eigenvalue weighted by molar-refractivity contribution is 6.36.